The van der Waals surface area contributed by atoms with Crippen molar-refractivity contribution in [2.45, 2.75) is 20.8 Å². The molecule has 0 spiro atoms. The van der Waals surface area contributed by atoms with Crippen molar-refractivity contribution in [3.05, 3.63) is 23.8 Å². The van der Waals surface area contributed by atoms with Crippen LogP contribution in [0, 0.1) is 16.7 Å². The largest absolute Gasteiger partial charge is 0.492 e. The molecule has 0 aliphatic carbocycles. The third kappa shape index (κ3) is 4.10. The van der Waals surface area contributed by atoms with Crippen LogP contribution in [0.2, 0.25) is 0 Å². The molecule has 4 nitrogen and oxygen atoms in total. The van der Waals surface area contributed by atoms with Crippen molar-refractivity contribution in [3.8, 4) is 11.8 Å². The van der Waals surface area contributed by atoms with Crippen molar-refractivity contribution in [2.75, 3.05) is 6.61 Å². The van der Waals surface area contributed by atoms with Crippen molar-refractivity contribution in [1.29, 1.82) is 5.26 Å². The summed E-state index contributed by atoms with van der Waals surface area (Å²) in [6, 6.07) is 6.51. The van der Waals surface area contributed by atoms with Crippen molar-refractivity contribution in [3.63, 3.8) is 0 Å². The molecule has 0 amide bonds. The molecule has 0 aliphatic heterocycles. The zero-order valence-electron chi connectivity index (χ0n) is 10.3. The smallest absolute Gasteiger partial charge is 0.488 e. The van der Waals surface area contributed by atoms with E-state index in [9.17, 15) is 0 Å². The van der Waals surface area contributed by atoms with Crippen LogP contribution in [0.4, 0.5) is 0 Å². The number of hydrogen-bond acceptors (Lipinski definition) is 4. The average molecular weight is 233 g/mol. The molecule has 1 rings (SSSR count). The second-order valence-electron chi connectivity index (χ2n) is 5.09. The van der Waals surface area contributed by atoms with E-state index in [-0.39, 0.29) is 10.9 Å². The molecule has 1 aromatic rings. The van der Waals surface area contributed by atoms with Crippen molar-refractivity contribution in [1.82, 2.24) is 0 Å². The van der Waals surface area contributed by atoms with Crippen LogP contribution in [-0.2, 0) is 0 Å². The maximum absolute atomic E-state index is 9.00. The van der Waals surface area contributed by atoms with Gasteiger partial charge in [-0.15, -0.1) is 0 Å². The summed E-state index contributed by atoms with van der Waals surface area (Å²) in [5.41, 5.74) is 0.589. The fraction of sp³-hybridized carbons (Fsp3) is 0.417. The number of nitrogens with zero attached hydrogens (tertiary/aromatic N) is 1. The van der Waals surface area contributed by atoms with E-state index in [1.54, 1.807) is 6.07 Å². The first-order valence-electron chi connectivity index (χ1n) is 5.36. The van der Waals surface area contributed by atoms with Gasteiger partial charge in [0.25, 0.3) is 0 Å². The number of rotatable bonds is 3. The molecule has 17 heavy (non-hydrogen) atoms. The van der Waals surface area contributed by atoms with E-state index in [1.165, 1.54) is 12.1 Å². The van der Waals surface area contributed by atoms with Gasteiger partial charge in [0.1, 0.15) is 11.8 Å². The summed E-state index contributed by atoms with van der Waals surface area (Å²) in [4.78, 5) is 0. The third-order valence-corrected chi connectivity index (χ3v) is 2.08. The molecule has 0 atom stereocenters. The lowest BCUT2D eigenvalue weighted by Gasteiger charge is -2.19. The van der Waals surface area contributed by atoms with Gasteiger partial charge in [-0.3, -0.25) is 0 Å². The Balaban J connectivity index is 2.91. The lowest BCUT2D eigenvalue weighted by Crippen LogP contribution is -2.30. The van der Waals surface area contributed by atoms with Gasteiger partial charge < -0.3 is 14.8 Å². The molecular formula is C12H16BNO3. The van der Waals surface area contributed by atoms with Crippen molar-refractivity contribution in [2.24, 2.45) is 5.41 Å². The maximum Gasteiger partial charge on any atom is 0.488 e. The van der Waals surface area contributed by atoms with E-state index < -0.39 is 7.12 Å². The molecule has 0 saturated heterocycles. The molecule has 90 valence electrons. The molecule has 0 aromatic heterocycles. The van der Waals surface area contributed by atoms with Crippen LogP contribution in [0.3, 0.4) is 0 Å². The van der Waals surface area contributed by atoms with Gasteiger partial charge in [-0.2, -0.15) is 5.26 Å². The Kier molecular flexibility index (Phi) is 4.16. The van der Waals surface area contributed by atoms with Gasteiger partial charge >= 0.3 is 7.12 Å². The van der Waals surface area contributed by atoms with Crippen LogP contribution in [-0.4, -0.2) is 23.8 Å². The highest BCUT2D eigenvalue weighted by Gasteiger charge is 2.16. The first kappa shape index (κ1) is 13.6. The molecule has 0 bridgehead atoms. The van der Waals surface area contributed by atoms with Gasteiger partial charge in [0.15, 0.2) is 0 Å². The van der Waals surface area contributed by atoms with E-state index in [4.69, 9.17) is 20.0 Å². The molecule has 0 saturated carbocycles. The monoisotopic (exact) mass is 233 g/mol. The molecule has 2 N–H and O–H groups in total. The second-order valence-corrected chi connectivity index (χ2v) is 5.09. The molecule has 0 heterocycles. The van der Waals surface area contributed by atoms with Crippen molar-refractivity contribution < 1.29 is 14.8 Å². The highest BCUT2D eigenvalue weighted by molar-refractivity contribution is 6.58. The fourth-order valence-electron chi connectivity index (χ4n) is 1.22. The van der Waals surface area contributed by atoms with Crippen molar-refractivity contribution >= 4 is 12.6 Å². The number of hydrogen-bond donors (Lipinski definition) is 2. The Bertz CT molecular complexity index is 432. The lowest BCUT2D eigenvalue weighted by atomic mass is 9.79. The van der Waals surface area contributed by atoms with Crippen LogP contribution in [0.1, 0.15) is 26.3 Å². The normalized spacial score (nSPS) is 10.8. The predicted octanol–water partition coefficient (Wildman–Crippen LogP) is 0.663. The Morgan fingerprint density at radius 1 is 1.35 bits per heavy atom. The molecule has 0 radical (unpaired) electrons. The molecule has 0 unspecified atom stereocenters. The second kappa shape index (κ2) is 5.22. The minimum Gasteiger partial charge on any atom is -0.492 e. The van der Waals surface area contributed by atoms with Gasteiger partial charge in [-0.05, 0) is 23.0 Å². The van der Waals surface area contributed by atoms with E-state index in [1.807, 2.05) is 26.8 Å². The summed E-state index contributed by atoms with van der Waals surface area (Å²) in [6.45, 7) is 6.59. The maximum atomic E-state index is 9.00. The SMILES string of the molecule is CC(C)(C)COc1ccc(B(O)O)cc1C#N. The van der Waals surface area contributed by atoms with Crippen LogP contribution in [0.15, 0.2) is 18.2 Å². The van der Waals surface area contributed by atoms with E-state index >= 15 is 0 Å². The summed E-state index contributed by atoms with van der Waals surface area (Å²) in [7, 11) is -1.57. The van der Waals surface area contributed by atoms with E-state index in [0.717, 1.165) is 0 Å². The standard InChI is InChI=1S/C12H16BNO3/c1-12(2,3)8-17-11-5-4-10(13(15)16)6-9(11)7-14/h4-6,15-16H,8H2,1-3H3. The summed E-state index contributed by atoms with van der Waals surface area (Å²) in [6.07, 6.45) is 0. The lowest BCUT2D eigenvalue weighted by molar-refractivity contribution is 0.197. The van der Waals surface area contributed by atoms with Crippen LogP contribution >= 0.6 is 0 Å². The Morgan fingerprint density at radius 2 is 2.00 bits per heavy atom. The van der Waals surface area contributed by atoms with Gasteiger partial charge in [-0.1, -0.05) is 26.8 Å². The fourth-order valence-corrected chi connectivity index (χ4v) is 1.22. The topological polar surface area (TPSA) is 73.5 Å². The van der Waals surface area contributed by atoms with Crippen LogP contribution in [0.25, 0.3) is 0 Å². The minimum atomic E-state index is -1.57. The summed E-state index contributed by atoms with van der Waals surface area (Å²) >= 11 is 0. The summed E-state index contributed by atoms with van der Waals surface area (Å²) < 4.78 is 5.54. The Morgan fingerprint density at radius 3 is 2.47 bits per heavy atom. The summed E-state index contributed by atoms with van der Waals surface area (Å²) in [5, 5.41) is 27.0. The van der Waals surface area contributed by atoms with Gasteiger partial charge in [0, 0.05) is 0 Å². The quantitative estimate of drug-likeness (QED) is 0.752. The first-order valence-corrected chi connectivity index (χ1v) is 5.36. The molecular weight excluding hydrogens is 217 g/mol. The third-order valence-electron chi connectivity index (χ3n) is 2.08. The number of ether oxygens (including phenoxy) is 1. The number of nitriles is 1. The van der Waals surface area contributed by atoms with Gasteiger partial charge in [0.05, 0.1) is 12.2 Å². The van der Waals surface area contributed by atoms with Gasteiger partial charge in [-0.25, -0.2) is 0 Å². The molecule has 0 aliphatic rings. The zero-order chi connectivity index (χ0) is 13.1. The minimum absolute atomic E-state index is 0.00187. The Labute approximate surface area is 102 Å². The first-order chi connectivity index (χ1) is 7.83. The average Bonchev–Trinajstić information content (AvgIpc) is 2.24. The Hall–Kier alpha value is -1.51. The van der Waals surface area contributed by atoms with E-state index in [0.29, 0.717) is 17.9 Å². The van der Waals surface area contributed by atoms with Gasteiger partial charge in [0.2, 0.25) is 0 Å². The molecule has 5 heteroatoms. The molecule has 1 aromatic carbocycles. The number of benzene rings is 1. The highest BCUT2D eigenvalue weighted by atomic mass is 16.5. The molecule has 0 fully saturated rings. The van der Waals surface area contributed by atoms with E-state index in [2.05, 4.69) is 0 Å². The predicted molar refractivity (Wildman–Crippen MR) is 65.9 cm³/mol. The summed E-state index contributed by atoms with van der Waals surface area (Å²) in [5.74, 6) is 0.465. The van der Waals surface area contributed by atoms with Crippen LogP contribution in [0.5, 0.6) is 5.75 Å². The van der Waals surface area contributed by atoms with Crippen LogP contribution < -0.4 is 10.2 Å². The highest BCUT2D eigenvalue weighted by Crippen LogP contribution is 2.20. The zero-order valence-corrected chi connectivity index (χ0v) is 10.3.